The summed E-state index contributed by atoms with van der Waals surface area (Å²) < 4.78 is 6.00. The predicted octanol–water partition coefficient (Wildman–Crippen LogP) is 3.37. The zero-order chi connectivity index (χ0) is 19.6. The monoisotopic (exact) mass is 429 g/mol. The fourth-order valence-electron chi connectivity index (χ4n) is 2.65. The molecule has 0 aromatic heterocycles. The minimum absolute atomic E-state index is 0.392. The molecular weight excluding hydrogens is 414 g/mol. The third kappa shape index (κ3) is 3.90. The van der Waals surface area contributed by atoms with E-state index in [9.17, 15) is 14.4 Å². The largest absolute Gasteiger partial charge is 0.494 e. The van der Waals surface area contributed by atoms with E-state index < -0.39 is 23.8 Å². The van der Waals surface area contributed by atoms with Crippen molar-refractivity contribution in [1.29, 1.82) is 0 Å². The van der Waals surface area contributed by atoms with Crippen LogP contribution in [0.3, 0.4) is 0 Å². The Balaban J connectivity index is 1.93. The maximum atomic E-state index is 12.8. The summed E-state index contributed by atoms with van der Waals surface area (Å²) in [6.45, 7) is 1.85. The molecule has 0 saturated carbocycles. The molecule has 1 saturated heterocycles. The van der Waals surface area contributed by atoms with Gasteiger partial charge in [0.25, 0.3) is 5.91 Å². The highest BCUT2D eigenvalue weighted by molar-refractivity contribution is 9.10. The number of anilines is 1. The number of carbonyl (C=O) groups is 3. The van der Waals surface area contributed by atoms with Gasteiger partial charge in [-0.3, -0.25) is 19.9 Å². The van der Waals surface area contributed by atoms with Crippen molar-refractivity contribution in [3.8, 4) is 5.75 Å². The Hall–Kier alpha value is -3.00. The van der Waals surface area contributed by atoms with Crippen molar-refractivity contribution in [3.63, 3.8) is 0 Å². The molecular formula is C19H16BrN3O4. The molecule has 7 nitrogen and oxygen atoms in total. The van der Waals surface area contributed by atoms with E-state index in [0.29, 0.717) is 17.1 Å². The normalized spacial score (nSPS) is 17.4. The number of rotatable bonds is 4. The van der Waals surface area contributed by atoms with Crippen LogP contribution in [0.4, 0.5) is 16.2 Å². The highest BCUT2D eigenvalue weighted by Crippen LogP contribution is 2.31. The van der Waals surface area contributed by atoms with Gasteiger partial charge in [-0.05, 0) is 42.8 Å². The van der Waals surface area contributed by atoms with Crippen molar-refractivity contribution in [3.05, 3.63) is 52.5 Å². The summed E-state index contributed by atoms with van der Waals surface area (Å²) in [7, 11) is 1.50. The van der Waals surface area contributed by atoms with E-state index in [4.69, 9.17) is 4.74 Å². The number of aryl methyl sites for hydroxylation is 1. The average Bonchev–Trinajstić information content (AvgIpc) is 2.61. The van der Waals surface area contributed by atoms with Gasteiger partial charge in [-0.25, -0.2) is 9.69 Å². The number of methoxy groups -OCH3 is 1. The molecule has 1 atom stereocenters. The van der Waals surface area contributed by atoms with Gasteiger partial charge in [0.15, 0.2) is 5.92 Å². The van der Waals surface area contributed by atoms with Gasteiger partial charge in [0, 0.05) is 10.7 Å². The Morgan fingerprint density at radius 1 is 1.19 bits per heavy atom. The second kappa shape index (κ2) is 7.71. The molecule has 1 heterocycles. The number of hydrogen-bond donors (Lipinski definition) is 1. The summed E-state index contributed by atoms with van der Waals surface area (Å²) in [6, 6.07) is 11.3. The van der Waals surface area contributed by atoms with Gasteiger partial charge >= 0.3 is 6.03 Å². The van der Waals surface area contributed by atoms with Crippen LogP contribution in [-0.2, 0) is 9.59 Å². The van der Waals surface area contributed by atoms with Crippen molar-refractivity contribution < 1.29 is 19.1 Å². The summed E-state index contributed by atoms with van der Waals surface area (Å²) in [5.74, 6) is -2.12. The SMILES string of the molecule is COc1ccc(Br)cc1N=C[C@H]1C(=O)NC(=O)N(c2cccc(C)c2)C1=O. The summed E-state index contributed by atoms with van der Waals surface area (Å²) in [5, 5.41) is 2.20. The quantitative estimate of drug-likeness (QED) is 0.595. The van der Waals surface area contributed by atoms with E-state index in [1.807, 2.05) is 13.0 Å². The van der Waals surface area contributed by atoms with E-state index in [1.54, 1.807) is 36.4 Å². The predicted molar refractivity (Wildman–Crippen MR) is 105 cm³/mol. The second-order valence-electron chi connectivity index (χ2n) is 5.88. The summed E-state index contributed by atoms with van der Waals surface area (Å²) >= 11 is 3.34. The highest BCUT2D eigenvalue weighted by Gasteiger charge is 2.40. The van der Waals surface area contributed by atoms with E-state index in [0.717, 1.165) is 14.9 Å². The van der Waals surface area contributed by atoms with Crippen molar-refractivity contribution >= 4 is 51.4 Å². The topological polar surface area (TPSA) is 88.1 Å². The van der Waals surface area contributed by atoms with Crippen LogP contribution in [0.1, 0.15) is 5.56 Å². The van der Waals surface area contributed by atoms with Gasteiger partial charge in [-0.2, -0.15) is 0 Å². The van der Waals surface area contributed by atoms with Crippen LogP contribution in [0, 0.1) is 12.8 Å². The number of nitrogens with zero attached hydrogens (tertiary/aromatic N) is 2. The summed E-state index contributed by atoms with van der Waals surface area (Å²) in [4.78, 5) is 42.4. The van der Waals surface area contributed by atoms with Crippen LogP contribution < -0.4 is 15.0 Å². The van der Waals surface area contributed by atoms with Gasteiger partial charge in [0.1, 0.15) is 11.4 Å². The van der Waals surface area contributed by atoms with Crippen LogP contribution in [0.5, 0.6) is 5.75 Å². The number of hydrogen-bond acceptors (Lipinski definition) is 5. The minimum atomic E-state index is -1.23. The van der Waals surface area contributed by atoms with Gasteiger partial charge < -0.3 is 4.74 Å². The number of halogens is 1. The molecule has 1 N–H and O–H groups in total. The first kappa shape index (κ1) is 18.8. The Bertz CT molecular complexity index is 958. The lowest BCUT2D eigenvalue weighted by atomic mass is 10.1. The highest BCUT2D eigenvalue weighted by atomic mass is 79.9. The van der Waals surface area contributed by atoms with Crippen molar-refractivity contribution in [2.75, 3.05) is 12.0 Å². The first-order valence-corrected chi connectivity index (χ1v) is 8.83. The van der Waals surface area contributed by atoms with Crippen LogP contribution in [0.25, 0.3) is 0 Å². The molecule has 1 aliphatic heterocycles. The van der Waals surface area contributed by atoms with Gasteiger partial charge in [0.2, 0.25) is 5.91 Å². The van der Waals surface area contributed by atoms with E-state index in [2.05, 4.69) is 26.2 Å². The minimum Gasteiger partial charge on any atom is -0.494 e. The number of amides is 4. The Morgan fingerprint density at radius 2 is 1.96 bits per heavy atom. The molecule has 3 rings (SSSR count). The molecule has 0 spiro atoms. The number of ether oxygens (including phenoxy) is 1. The molecule has 0 unspecified atom stereocenters. The lowest BCUT2D eigenvalue weighted by Gasteiger charge is -2.28. The zero-order valence-electron chi connectivity index (χ0n) is 14.6. The molecule has 0 radical (unpaired) electrons. The number of barbiturate groups is 1. The molecule has 0 bridgehead atoms. The first-order valence-electron chi connectivity index (χ1n) is 8.04. The van der Waals surface area contributed by atoms with Crippen molar-refractivity contribution in [2.24, 2.45) is 10.9 Å². The number of nitrogens with one attached hydrogen (secondary N) is 1. The third-order valence-electron chi connectivity index (χ3n) is 3.97. The molecule has 8 heteroatoms. The molecule has 27 heavy (non-hydrogen) atoms. The number of benzene rings is 2. The van der Waals surface area contributed by atoms with Crippen LogP contribution in [0.15, 0.2) is 51.9 Å². The third-order valence-corrected chi connectivity index (χ3v) is 4.46. The molecule has 138 valence electrons. The molecule has 4 amide bonds. The number of aliphatic imine (C=N–C) groups is 1. The standard InChI is InChI=1S/C19H16BrN3O4/c1-11-4-3-5-13(8-11)23-18(25)14(17(24)22-19(23)26)10-21-15-9-12(20)6-7-16(15)27-2/h3-10,14H,1-2H3,(H,22,24,26)/t14-/m0/s1. The molecule has 2 aromatic carbocycles. The molecule has 1 fully saturated rings. The average molecular weight is 430 g/mol. The fraction of sp³-hybridized carbons (Fsp3) is 0.158. The van der Waals surface area contributed by atoms with E-state index in [-0.39, 0.29) is 0 Å². The summed E-state index contributed by atoms with van der Waals surface area (Å²) in [6.07, 6.45) is 1.22. The maximum Gasteiger partial charge on any atom is 0.335 e. The Kier molecular flexibility index (Phi) is 5.36. The van der Waals surface area contributed by atoms with Crippen molar-refractivity contribution in [1.82, 2.24) is 5.32 Å². The number of imide groups is 2. The second-order valence-corrected chi connectivity index (χ2v) is 6.79. The molecule has 2 aromatic rings. The lowest BCUT2D eigenvalue weighted by molar-refractivity contribution is -0.131. The van der Waals surface area contributed by atoms with Crippen molar-refractivity contribution in [2.45, 2.75) is 6.92 Å². The lowest BCUT2D eigenvalue weighted by Crippen LogP contribution is -2.58. The van der Waals surface area contributed by atoms with E-state index in [1.165, 1.54) is 13.3 Å². The summed E-state index contributed by atoms with van der Waals surface area (Å²) in [5.41, 5.74) is 1.73. The number of urea groups is 1. The van der Waals surface area contributed by atoms with Gasteiger partial charge in [0.05, 0.1) is 12.8 Å². The smallest absolute Gasteiger partial charge is 0.335 e. The van der Waals surface area contributed by atoms with Crippen LogP contribution in [0.2, 0.25) is 0 Å². The van der Waals surface area contributed by atoms with Gasteiger partial charge in [-0.1, -0.05) is 28.1 Å². The van der Waals surface area contributed by atoms with Gasteiger partial charge in [-0.15, -0.1) is 0 Å². The maximum absolute atomic E-state index is 12.8. The van der Waals surface area contributed by atoms with E-state index >= 15 is 0 Å². The molecule has 0 aliphatic carbocycles. The Morgan fingerprint density at radius 3 is 2.67 bits per heavy atom. The molecule has 1 aliphatic rings. The number of carbonyl (C=O) groups excluding carboxylic acids is 3. The van der Waals surface area contributed by atoms with Crippen LogP contribution in [-0.4, -0.2) is 31.2 Å². The zero-order valence-corrected chi connectivity index (χ0v) is 16.2. The fourth-order valence-corrected chi connectivity index (χ4v) is 3.00. The van der Waals surface area contributed by atoms with Crippen LogP contribution >= 0.6 is 15.9 Å². The first-order chi connectivity index (χ1) is 12.9. The Labute approximate surface area is 164 Å².